The number of hydrogen-bond donors (Lipinski definition) is 1. The SMILES string of the molecule is OCc1occ(Cc2cccc(Cl)c2)c1Cl. The van der Waals surface area contributed by atoms with Crippen LogP contribution in [-0.2, 0) is 13.0 Å². The predicted octanol–water partition coefficient (Wildman–Crippen LogP) is 3.67. The van der Waals surface area contributed by atoms with Gasteiger partial charge in [-0.15, -0.1) is 0 Å². The summed E-state index contributed by atoms with van der Waals surface area (Å²) in [6.07, 6.45) is 2.21. The van der Waals surface area contributed by atoms with Crippen LogP contribution < -0.4 is 0 Å². The van der Waals surface area contributed by atoms with E-state index in [9.17, 15) is 0 Å². The van der Waals surface area contributed by atoms with Crippen LogP contribution >= 0.6 is 23.2 Å². The molecule has 0 fully saturated rings. The lowest BCUT2D eigenvalue weighted by Gasteiger charge is -2.00. The molecule has 1 N–H and O–H groups in total. The fourth-order valence-electron chi connectivity index (χ4n) is 1.52. The molecular weight excluding hydrogens is 247 g/mol. The number of benzene rings is 1. The third-order valence-corrected chi connectivity index (χ3v) is 2.99. The van der Waals surface area contributed by atoms with Crippen LogP contribution in [0.4, 0.5) is 0 Å². The maximum atomic E-state index is 8.94. The molecular formula is C12H10Cl2O2. The molecule has 16 heavy (non-hydrogen) atoms. The number of aliphatic hydroxyl groups is 1. The average Bonchev–Trinajstić information content (AvgIpc) is 2.60. The molecule has 0 amide bonds. The molecule has 0 saturated carbocycles. The molecule has 1 aromatic carbocycles. The summed E-state index contributed by atoms with van der Waals surface area (Å²) in [5, 5.41) is 10.1. The highest BCUT2D eigenvalue weighted by atomic mass is 35.5. The number of halogens is 2. The van der Waals surface area contributed by atoms with E-state index in [1.165, 1.54) is 0 Å². The van der Waals surface area contributed by atoms with Crippen molar-refractivity contribution in [1.82, 2.24) is 0 Å². The lowest BCUT2D eigenvalue weighted by molar-refractivity contribution is 0.247. The van der Waals surface area contributed by atoms with E-state index in [2.05, 4.69) is 0 Å². The van der Waals surface area contributed by atoms with Crippen LogP contribution in [0.5, 0.6) is 0 Å². The Morgan fingerprint density at radius 2 is 2.06 bits per heavy atom. The molecule has 0 spiro atoms. The molecule has 1 aromatic heterocycles. The van der Waals surface area contributed by atoms with E-state index in [0.717, 1.165) is 11.1 Å². The van der Waals surface area contributed by atoms with E-state index >= 15 is 0 Å². The Bertz CT molecular complexity index is 492. The summed E-state index contributed by atoms with van der Waals surface area (Å²) in [4.78, 5) is 0. The molecule has 0 unspecified atom stereocenters. The lowest BCUT2D eigenvalue weighted by atomic mass is 10.1. The first kappa shape index (κ1) is 11.5. The Morgan fingerprint density at radius 3 is 2.69 bits per heavy atom. The van der Waals surface area contributed by atoms with Crippen molar-refractivity contribution < 1.29 is 9.52 Å². The highest BCUT2D eigenvalue weighted by Gasteiger charge is 2.11. The van der Waals surface area contributed by atoms with Crippen LogP contribution in [0.25, 0.3) is 0 Å². The Morgan fingerprint density at radius 1 is 1.25 bits per heavy atom. The molecule has 0 atom stereocenters. The minimum absolute atomic E-state index is 0.186. The van der Waals surface area contributed by atoms with Crippen molar-refractivity contribution in [2.24, 2.45) is 0 Å². The van der Waals surface area contributed by atoms with Gasteiger partial charge >= 0.3 is 0 Å². The lowest BCUT2D eigenvalue weighted by Crippen LogP contribution is -1.87. The normalized spacial score (nSPS) is 10.7. The molecule has 0 aliphatic rings. The van der Waals surface area contributed by atoms with Gasteiger partial charge in [-0.1, -0.05) is 35.3 Å². The number of aliphatic hydroxyl groups excluding tert-OH is 1. The summed E-state index contributed by atoms with van der Waals surface area (Å²) in [5.74, 6) is 0.402. The van der Waals surface area contributed by atoms with Gasteiger partial charge in [0, 0.05) is 17.0 Å². The van der Waals surface area contributed by atoms with Gasteiger partial charge in [0.2, 0.25) is 0 Å². The zero-order valence-electron chi connectivity index (χ0n) is 8.41. The van der Waals surface area contributed by atoms with E-state index in [-0.39, 0.29) is 6.61 Å². The summed E-state index contributed by atoms with van der Waals surface area (Å²) in [7, 11) is 0. The Hall–Kier alpha value is -0.960. The van der Waals surface area contributed by atoms with Gasteiger partial charge in [0.15, 0.2) is 0 Å². The molecule has 0 saturated heterocycles. The van der Waals surface area contributed by atoms with Crippen molar-refractivity contribution in [3.05, 3.63) is 57.5 Å². The summed E-state index contributed by atoms with van der Waals surface area (Å²) < 4.78 is 5.13. The smallest absolute Gasteiger partial charge is 0.147 e. The topological polar surface area (TPSA) is 33.4 Å². The van der Waals surface area contributed by atoms with E-state index in [1.807, 2.05) is 24.3 Å². The predicted molar refractivity (Wildman–Crippen MR) is 63.9 cm³/mol. The van der Waals surface area contributed by atoms with Gasteiger partial charge in [-0.25, -0.2) is 0 Å². The highest BCUT2D eigenvalue weighted by molar-refractivity contribution is 6.32. The number of hydrogen-bond acceptors (Lipinski definition) is 2. The van der Waals surface area contributed by atoms with Crippen molar-refractivity contribution in [1.29, 1.82) is 0 Å². The first-order chi connectivity index (χ1) is 7.70. The fourth-order valence-corrected chi connectivity index (χ4v) is 1.95. The second-order valence-corrected chi connectivity index (χ2v) is 4.28. The van der Waals surface area contributed by atoms with Crippen LogP contribution in [0.15, 0.2) is 34.9 Å². The molecule has 84 valence electrons. The van der Waals surface area contributed by atoms with Crippen LogP contribution in [0, 0.1) is 0 Å². The van der Waals surface area contributed by atoms with Crippen molar-refractivity contribution in [2.45, 2.75) is 13.0 Å². The number of rotatable bonds is 3. The third kappa shape index (κ3) is 2.40. The summed E-state index contributed by atoms with van der Waals surface area (Å²) in [6, 6.07) is 7.55. The van der Waals surface area contributed by atoms with Gasteiger partial charge in [0.1, 0.15) is 12.4 Å². The molecule has 0 bridgehead atoms. The van der Waals surface area contributed by atoms with Gasteiger partial charge in [-0.05, 0) is 17.7 Å². The monoisotopic (exact) mass is 256 g/mol. The van der Waals surface area contributed by atoms with Crippen LogP contribution in [0.2, 0.25) is 10.0 Å². The minimum atomic E-state index is -0.186. The Kier molecular flexibility index (Phi) is 3.54. The van der Waals surface area contributed by atoms with Crippen molar-refractivity contribution in [2.75, 3.05) is 0 Å². The second kappa shape index (κ2) is 4.91. The molecule has 2 rings (SSSR count). The minimum Gasteiger partial charge on any atom is -0.465 e. The summed E-state index contributed by atoms with van der Waals surface area (Å²) >= 11 is 11.9. The fraction of sp³-hybridized carbons (Fsp3) is 0.167. The third-order valence-electron chi connectivity index (χ3n) is 2.30. The van der Waals surface area contributed by atoms with Gasteiger partial charge < -0.3 is 9.52 Å². The second-order valence-electron chi connectivity index (χ2n) is 3.46. The van der Waals surface area contributed by atoms with Crippen LogP contribution in [0.1, 0.15) is 16.9 Å². The standard InChI is InChI=1S/C12H10Cl2O2/c13-10-3-1-2-8(5-10)4-9-7-16-11(6-15)12(9)14/h1-3,5,7,15H,4,6H2. The molecule has 2 aromatic rings. The zero-order chi connectivity index (χ0) is 11.5. The summed E-state index contributed by atoms with van der Waals surface area (Å²) in [6.45, 7) is -0.186. The number of furan rings is 1. The molecule has 4 heteroatoms. The first-order valence-corrected chi connectivity index (χ1v) is 5.56. The Balaban J connectivity index is 2.24. The van der Waals surface area contributed by atoms with E-state index in [0.29, 0.717) is 22.2 Å². The maximum Gasteiger partial charge on any atom is 0.147 e. The Labute approximate surface area is 103 Å². The van der Waals surface area contributed by atoms with Crippen molar-refractivity contribution >= 4 is 23.2 Å². The molecule has 2 nitrogen and oxygen atoms in total. The average molecular weight is 257 g/mol. The van der Waals surface area contributed by atoms with Gasteiger partial charge in [-0.2, -0.15) is 0 Å². The van der Waals surface area contributed by atoms with E-state index < -0.39 is 0 Å². The molecule has 1 heterocycles. The van der Waals surface area contributed by atoms with Crippen LogP contribution in [-0.4, -0.2) is 5.11 Å². The highest BCUT2D eigenvalue weighted by Crippen LogP contribution is 2.26. The van der Waals surface area contributed by atoms with E-state index in [4.69, 9.17) is 32.7 Å². The zero-order valence-corrected chi connectivity index (χ0v) is 9.92. The summed E-state index contributed by atoms with van der Waals surface area (Å²) in [5.41, 5.74) is 1.91. The molecule has 0 aliphatic carbocycles. The van der Waals surface area contributed by atoms with Gasteiger partial charge in [-0.3, -0.25) is 0 Å². The maximum absolute atomic E-state index is 8.94. The van der Waals surface area contributed by atoms with Crippen molar-refractivity contribution in [3.63, 3.8) is 0 Å². The van der Waals surface area contributed by atoms with Gasteiger partial charge in [0.25, 0.3) is 0 Å². The largest absolute Gasteiger partial charge is 0.465 e. The van der Waals surface area contributed by atoms with E-state index in [1.54, 1.807) is 6.26 Å². The van der Waals surface area contributed by atoms with Crippen molar-refractivity contribution in [3.8, 4) is 0 Å². The van der Waals surface area contributed by atoms with Crippen LogP contribution in [0.3, 0.4) is 0 Å². The molecule has 0 aliphatic heterocycles. The first-order valence-electron chi connectivity index (χ1n) is 4.80. The van der Waals surface area contributed by atoms with Gasteiger partial charge in [0.05, 0.1) is 11.3 Å². The quantitative estimate of drug-likeness (QED) is 0.910. The molecule has 0 radical (unpaired) electrons.